The monoisotopic (exact) mass is 215 g/mol. The first-order valence-corrected chi connectivity index (χ1v) is 5.86. The minimum absolute atomic E-state index is 0.0516. The molecule has 0 aliphatic heterocycles. The van der Waals surface area contributed by atoms with Crippen molar-refractivity contribution in [3.8, 4) is 0 Å². The molecule has 0 aliphatic rings. The molecule has 0 saturated heterocycles. The van der Waals surface area contributed by atoms with E-state index in [9.17, 15) is 4.79 Å². The molecule has 3 heteroatoms. The number of carbonyl (C=O) groups excluding carboxylic acids is 1. The summed E-state index contributed by atoms with van der Waals surface area (Å²) in [4.78, 5) is 11.3. The van der Waals surface area contributed by atoms with Gasteiger partial charge >= 0.3 is 5.97 Å². The van der Waals surface area contributed by atoms with Crippen molar-refractivity contribution in [2.24, 2.45) is 17.8 Å². The molecule has 0 fully saturated rings. The second-order valence-electron chi connectivity index (χ2n) is 4.53. The molecule has 15 heavy (non-hydrogen) atoms. The molecular weight excluding hydrogens is 190 g/mol. The van der Waals surface area contributed by atoms with Crippen LogP contribution in [0, 0.1) is 17.8 Å². The standard InChI is InChI=1S/C12H25NO2/c1-6-15-12(14)11(5)8-13-7-10(4)9(2)3/h9-11,13H,6-8H2,1-5H3. The van der Waals surface area contributed by atoms with Gasteiger partial charge in [-0.15, -0.1) is 0 Å². The highest BCUT2D eigenvalue weighted by Crippen LogP contribution is 2.07. The molecule has 0 aromatic carbocycles. The lowest BCUT2D eigenvalue weighted by Crippen LogP contribution is -2.32. The van der Waals surface area contributed by atoms with E-state index in [1.54, 1.807) is 0 Å². The number of esters is 1. The molecule has 2 unspecified atom stereocenters. The van der Waals surface area contributed by atoms with Gasteiger partial charge in [-0.25, -0.2) is 0 Å². The highest BCUT2D eigenvalue weighted by molar-refractivity contribution is 5.72. The van der Waals surface area contributed by atoms with E-state index in [1.807, 2.05) is 13.8 Å². The zero-order valence-corrected chi connectivity index (χ0v) is 10.7. The van der Waals surface area contributed by atoms with E-state index in [-0.39, 0.29) is 11.9 Å². The minimum Gasteiger partial charge on any atom is -0.466 e. The van der Waals surface area contributed by atoms with E-state index >= 15 is 0 Å². The lowest BCUT2D eigenvalue weighted by molar-refractivity contribution is -0.147. The summed E-state index contributed by atoms with van der Waals surface area (Å²) in [6, 6.07) is 0. The van der Waals surface area contributed by atoms with E-state index in [0.717, 1.165) is 6.54 Å². The van der Waals surface area contributed by atoms with Gasteiger partial charge in [0.2, 0.25) is 0 Å². The fourth-order valence-electron chi connectivity index (χ4n) is 1.13. The Morgan fingerprint density at radius 2 is 1.80 bits per heavy atom. The van der Waals surface area contributed by atoms with Crippen LogP contribution in [0.25, 0.3) is 0 Å². The van der Waals surface area contributed by atoms with Gasteiger partial charge in [-0.05, 0) is 25.3 Å². The Kier molecular flexibility index (Phi) is 7.39. The quantitative estimate of drug-likeness (QED) is 0.661. The lowest BCUT2D eigenvalue weighted by Gasteiger charge is -2.17. The summed E-state index contributed by atoms with van der Waals surface area (Å²) in [7, 11) is 0. The van der Waals surface area contributed by atoms with E-state index in [1.165, 1.54) is 0 Å². The predicted molar refractivity (Wildman–Crippen MR) is 62.7 cm³/mol. The second-order valence-corrected chi connectivity index (χ2v) is 4.53. The SMILES string of the molecule is CCOC(=O)C(C)CNCC(C)C(C)C. The molecule has 0 amide bonds. The maximum absolute atomic E-state index is 11.3. The highest BCUT2D eigenvalue weighted by atomic mass is 16.5. The third-order valence-corrected chi connectivity index (χ3v) is 2.74. The van der Waals surface area contributed by atoms with Gasteiger partial charge in [0, 0.05) is 6.54 Å². The highest BCUT2D eigenvalue weighted by Gasteiger charge is 2.14. The van der Waals surface area contributed by atoms with Crippen molar-refractivity contribution in [1.29, 1.82) is 0 Å². The number of hydrogen-bond donors (Lipinski definition) is 1. The first kappa shape index (κ1) is 14.4. The summed E-state index contributed by atoms with van der Waals surface area (Å²) >= 11 is 0. The van der Waals surface area contributed by atoms with Crippen LogP contribution in [0.15, 0.2) is 0 Å². The van der Waals surface area contributed by atoms with Crippen molar-refractivity contribution in [3.63, 3.8) is 0 Å². The summed E-state index contributed by atoms with van der Waals surface area (Å²) < 4.78 is 4.93. The Hall–Kier alpha value is -0.570. The number of ether oxygens (including phenoxy) is 1. The zero-order valence-electron chi connectivity index (χ0n) is 10.7. The molecule has 0 heterocycles. The average Bonchev–Trinajstić information content (AvgIpc) is 2.17. The third kappa shape index (κ3) is 6.50. The average molecular weight is 215 g/mol. The van der Waals surface area contributed by atoms with E-state index in [2.05, 4.69) is 26.1 Å². The second kappa shape index (κ2) is 7.69. The van der Waals surface area contributed by atoms with Crippen molar-refractivity contribution >= 4 is 5.97 Å². The van der Waals surface area contributed by atoms with Crippen LogP contribution < -0.4 is 5.32 Å². The van der Waals surface area contributed by atoms with Crippen LogP contribution >= 0.6 is 0 Å². The molecular formula is C12H25NO2. The molecule has 0 saturated carbocycles. The van der Waals surface area contributed by atoms with Crippen molar-refractivity contribution in [1.82, 2.24) is 5.32 Å². The lowest BCUT2D eigenvalue weighted by atomic mass is 9.98. The molecule has 0 bridgehead atoms. The van der Waals surface area contributed by atoms with Crippen LogP contribution in [0.4, 0.5) is 0 Å². The molecule has 2 atom stereocenters. The fraction of sp³-hybridized carbons (Fsp3) is 0.917. The molecule has 90 valence electrons. The van der Waals surface area contributed by atoms with Crippen molar-refractivity contribution < 1.29 is 9.53 Å². The summed E-state index contributed by atoms with van der Waals surface area (Å²) in [5.41, 5.74) is 0. The van der Waals surface area contributed by atoms with Gasteiger partial charge in [0.05, 0.1) is 12.5 Å². The summed E-state index contributed by atoms with van der Waals surface area (Å²) in [5.74, 6) is 1.15. The van der Waals surface area contributed by atoms with Crippen LogP contribution in [0.3, 0.4) is 0 Å². The largest absolute Gasteiger partial charge is 0.466 e. The molecule has 0 aromatic heterocycles. The van der Waals surface area contributed by atoms with Gasteiger partial charge in [-0.3, -0.25) is 4.79 Å². The Morgan fingerprint density at radius 1 is 1.20 bits per heavy atom. The molecule has 0 aromatic rings. The van der Waals surface area contributed by atoms with Gasteiger partial charge < -0.3 is 10.1 Å². The first-order valence-electron chi connectivity index (χ1n) is 5.86. The van der Waals surface area contributed by atoms with Crippen LogP contribution in [0.5, 0.6) is 0 Å². The summed E-state index contributed by atoms with van der Waals surface area (Å²) in [6.07, 6.45) is 0. The predicted octanol–water partition coefficient (Wildman–Crippen LogP) is 2.07. The summed E-state index contributed by atoms with van der Waals surface area (Å²) in [5, 5.41) is 3.30. The van der Waals surface area contributed by atoms with E-state index in [4.69, 9.17) is 4.74 Å². The fourth-order valence-corrected chi connectivity index (χ4v) is 1.13. The van der Waals surface area contributed by atoms with Crippen LogP contribution in [-0.2, 0) is 9.53 Å². The van der Waals surface area contributed by atoms with Crippen molar-refractivity contribution in [2.45, 2.75) is 34.6 Å². The molecule has 0 radical (unpaired) electrons. The minimum atomic E-state index is -0.109. The Balaban J connectivity index is 3.63. The Morgan fingerprint density at radius 3 is 2.27 bits per heavy atom. The molecule has 0 spiro atoms. The number of carbonyl (C=O) groups is 1. The summed E-state index contributed by atoms with van der Waals surface area (Å²) in [6.45, 7) is 12.5. The van der Waals surface area contributed by atoms with Gasteiger partial charge in [0.1, 0.15) is 0 Å². The van der Waals surface area contributed by atoms with E-state index in [0.29, 0.717) is 25.0 Å². The molecule has 1 N–H and O–H groups in total. The Bertz CT molecular complexity index is 180. The number of hydrogen-bond acceptors (Lipinski definition) is 3. The Labute approximate surface area is 93.6 Å². The van der Waals surface area contributed by atoms with E-state index < -0.39 is 0 Å². The maximum Gasteiger partial charge on any atom is 0.309 e. The zero-order chi connectivity index (χ0) is 11.8. The normalized spacial score (nSPS) is 15.1. The van der Waals surface area contributed by atoms with Crippen LogP contribution in [0.2, 0.25) is 0 Å². The molecule has 0 rings (SSSR count). The maximum atomic E-state index is 11.3. The van der Waals surface area contributed by atoms with Crippen LogP contribution in [-0.4, -0.2) is 25.7 Å². The third-order valence-electron chi connectivity index (χ3n) is 2.74. The first-order chi connectivity index (χ1) is 6.99. The van der Waals surface area contributed by atoms with Gasteiger partial charge in [-0.2, -0.15) is 0 Å². The van der Waals surface area contributed by atoms with Gasteiger partial charge in [0.15, 0.2) is 0 Å². The smallest absolute Gasteiger partial charge is 0.309 e. The van der Waals surface area contributed by atoms with Crippen molar-refractivity contribution in [2.75, 3.05) is 19.7 Å². The van der Waals surface area contributed by atoms with Crippen molar-refractivity contribution in [3.05, 3.63) is 0 Å². The topological polar surface area (TPSA) is 38.3 Å². The molecule has 3 nitrogen and oxygen atoms in total. The van der Waals surface area contributed by atoms with Gasteiger partial charge in [-0.1, -0.05) is 27.7 Å². The molecule has 0 aliphatic carbocycles. The van der Waals surface area contributed by atoms with Crippen LogP contribution in [0.1, 0.15) is 34.6 Å². The number of rotatable bonds is 7. The van der Waals surface area contributed by atoms with Gasteiger partial charge in [0.25, 0.3) is 0 Å². The number of nitrogens with one attached hydrogen (secondary N) is 1.